The normalized spacial score (nSPS) is 15.9. The van der Waals surface area contributed by atoms with Gasteiger partial charge in [-0.2, -0.15) is 0 Å². The van der Waals surface area contributed by atoms with Crippen LogP contribution in [0, 0.1) is 5.92 Å². The van der Waals surface area contributed by atoms with Crippen LogP contribution in [0.25, 0.3) is 0 Å². The highest BCUT2D eigenvalue weighted by atomic mass is 127. The van der Waals surface area contributed by atoms with E-state index in [-0.39, 0.29) is 24.0 Å². The summed E-state index contributed by atoms with van der Waals surface area (Å²) in [6.45, 7) is 12.7. The molecule has 1 aliphatic heterocycles. The van der Waals surface area contributed by atoms with Gasteiger partial charge < -0.3 is 24.8 Å². The smallest absolute Gasteiger partial charge is 0.191 e. The van der Waals surface area contributed by atoms with Crippen LogP contribution in [0.1, 0.15) is 32.8 Å². The molecule has 0 amide bonds. The molecule has 0 saturated carbocycles. The summed E-state index contributed by atoms with van der Waals surface area (Å²) in [7, 11) is 3.32. The Kier molecular flexibility index (Phi) is 13.9. The van der Waals surface area contributed by atoms with Gasteiger partial charge in [0.2, 0.25) is 0 Å². The maximum Gasteiger partial charge on any atom is 0.191 e. The summed E-state index contributed by atoms with van der Waals surface area (Å²) in [5.74, 6) is 3.04. The van der Waals surface area contributed by atoms with Crippen LogP contribution in [0.4, 0.5) is 0 Å². The Labute approximate surface area is 205 Å². The molecule has 0 spiro atoms. The summed E-state index contributed by atoms with van der Waals surface area (Å²) in [4.78, 5) is 7.43. The molecule has 0 aromatic heterocycles. The van der Waals surface area contributed by atoms with E-state index in [1.54, 1.807) is 14.2 Å². The molecule has 1 atom stereocenters. The lowest BCUT2D eigenvalue weighted by atomic mass is 10.0. The number of rotatable bonds is 11. The van der Waals surface area contributed by atoms with Gasteiger partial charge in [-0.1, -0.05) is 19.9 Å². The quantitative estimate of drug-likeness (QED) is 0.252. The molecule has 2 N–H and O–H groups in total. The van der Waals surface area contributed by atoms with Crippen molar-refractivity contribution in [3.63, 3.8) is 0 Å². The first kappa shape index (κ1) is 27.8. The van der Waals surface area contributed by atoms with Gasteiger partial charge >= 0.3 is 0 Å². The van der Waals surface area contributed by atoms with Gasteiger partial charge in [0.15, 0.2) is 17.5 Å². The van der Waals surface area contributed by atoms with Crippen molar-refractivity contribution in [2.75, 3.05) is 60.2 Å². The molecule has 1 saturated heterocycles. The number of guanidine groups is 1. The Hall–Kier alpha value is -1.26. The summed E-state index contributed by atoms with van der Waals surface area (Å²) >= 11 is 0. The molecule has 178 valence electrons. The summed E-state index contributed by atoms with van der Waals surface area (Å²) in [5, 5.41) is 6.84. The van der Waals surface area contributed by atoms with Crippen LogP contribution in [-0.2, 0) is 11.2 Å². The molecule has 31 heavy (non-hydrogen) atoms. The molecule has 2 rings (SSSR count). The van der Waals surface area contributed by atoms with E-state index in [2.05, 4.69) is 42.4 Å². The number of ether oxygens (including phenoxy) is 3. The third-order valence-electron chi connectivity index (χ3n) is 5.26. The molecule has 0 bridgehead atoms. The number of nitrogens with one attached hydrogen (secondary N) is 2. The molecular formula is C23H41IN4O3. The largest absolute Gasteiger partial charge is 0.493 e. The number of aliphatic imine (C=N–C) groups is 1. The zero-order chi connectivity index (χ0) is 21.8. The standard InChI is InChI=1S/C23H40N4O3.HI/c1-6-24-23(25-10-9-19-7-8-21(28-4)22(16-19)29-5)26-17-20(15-18(2)3)27-11-13-30-14-12-27;/h7-8,16,18,20H,6,9-15,17H2,1-5H3,(H2,24,25,26);1H. The molecule has 1 heterocycles. The molecule has 7 nitrogen and oxygen atoms in total. The lowest BCUT2D eigenvalue weighted by Crippen LogP contribution is -2.46. The average Bonchev–Trinajstić information content (AvgIpc) is 2.76. The SMILES string of the molecule is CCNC(=NCC(CC(C)C)N1CCOCC1)NCCc1ccc(OC)c(OC)c1.I. The van der Waals surface area contributed by atoms with Crippen molar-refractivity contribution in [2.24, 2.45) is 10.9 Å². The van der Waals surface area contributed by atoms with E-state index < -0.39 is 0 Å². The van der Waals surface area contributed by atoms with Gasteiger partial charge in [0.25, 0.3) is 0 Å². The van der Waals surface area contributed by atoms with Crippen LogP contribution in [0.5, 0.6) is 11.5 Å². The third kappa shape index (κ3) is 9.82. The maximum atomic E-state index is 5.53. The number of halogens is 1. The number of methoxy groups -OCH3 is 2. The van der Waals surface area contributed by atoms with E-state index >= 15 is 0 Å². The number of morpholine rings is 1. The van der Waals surface area contributed by atoms with Crippen molar-refractivity contribution >= 4 is 29.9 Å². The van der Waals surface area contributed by atoms with Gasteiger partial charge in [0, 0.05) is 32.2 Å². The van der Waals surface area contributed by atoms with Crippen molar-refractivity contribution < 1.29 is 14.2 Å². The number of nitrogens with zero attached hydrogens (tertiary/aromatic N) is 2. The predicted octanol–water partition coefficient (Wildman–Crippen LogP) is 3.17. The molecule has 1 aromatic carbocycles. The van der Waals surface area contributed by atoms with Gasteiger partial charge in [-0.25, -0.2) is 0 Å². The fourth-order valence-electron chi connectivity index (χ4n) is 3.73. The van der Waals surface area contributed by atoms with Crippen molar-refractivity contribution in [3.05, 3.63) is 23.8 Å². The molecule has 1 fully saturated rings. The van der Waals surface area contributed by atoms with Crippen molar-refractivity contribution in [1.29, 1.82) is 0 Å². The molecule has 0 radical (unpaired) electrons. The summed E-state index contributed by atoms with van der Waals surface area (Å²) in [6.07, 6.45) is 2.03. The Morgan fingerprint density at radius 1 is 1.13 bits per heavy atom. The minimum absolute atomic E-state index is 0. The zero-order valence-electron chi connectivity index (χ0n) is 19.8. The predicted molar refractivity (Wildman–Crippen MR) is 138 cm³/mol. The summed E-state index contributed by atoms with van der Waals surface area (Å²) in [6, 6.07) is 6.51. The Bertz CT molecular complexity index is 652. The fourth-order valence-corrected chi connectivity index (χ4v) is 3.73. The van der Waals surface area contributed by atoms with E-state index in [4.69, 9.17) is 19.2 Å². The van der Waals surface area contributed by atoms with Gasteiger partial charge in [0.05, 0.1) is 34.0 Å². The van der Waals surface area contributed by atoms with E-state index in [1.807, 2.05) is 12.1 Å². The Balaban J connectivity index is 0.00000480. The van der Waals surface area contributed by atoms with E-state index in [0.717, 1.165) is 76.2 Å². The molecule has 0 aliphatic carbocycles. The lowest BCUT2D eigenvalue weighted by molar-refractivity contribution is 0.0143. The van der Waals surface area contributed by atoms with Crippen LogP contribution in [0.15, 0.2) is 23.2 Å². The van der Waals surface area contributed by atoms with Crippen LogP contribution in [0.3, 0.4) is 0 Å². The van der Waals surface area contributed by atoms with Gasteiger partial charge in [-0.3, -0.25) is 9.89 Å². The highest BCUT2D eigenvalue weighted by molar-refractivity contribution is 14.0. The van der Waals surface area contributed by atoms with E-state index in [0.29, 0.717) is 12.0 Å². The fraction of sp³-hybridized carbons (Fsp3) is 0.696. The number of hydrogen-bond donors (Lipinski definition) is 2. The van der Waals surface area contributed by atoms with Gasteiger partial charge in [-0.05, 0) is 43.4 Å². The lowest BCUT2D eigenvalue weighted by Gasteiger charge is -2.34. The van der Waals surface area contributed by atoms with Crippen LogP contribution in [-0.4, -0.2) is 77.1 Å². The van der Waals surface area contributed by atoms with E-state index in [1.165, 1.54) is 5.56 Å². The second kappa shape index (κ2) is 15.5. The van der Waals surface area contributed by atoms with Crippen molar-refractivity contribution in [3.8, 4) is 11.5 Å². The Morgan fingerprint density at radius 2 is 1.84 bits per heavy atom. The summed E-state index contributed by atoms with van der Waals surface area (Å²) in [5.41, 5.74) is 1.20. The van der Waals surface area contributed by atoms with Gasteiger partial charge in [0.1, 0.15) is 0 Å². The molecule has 1 aliphatic rings. The van der Waals surface area contributed by atoms with E-state index in [9.17, 15) is 0 Å². The topological polar surface area (TPSA) is 67.4 Å². The zero-order valence-corrected chi connectivity index (χ0v) is 22.1. The molecule has 8 heteroatoms. The van der Waals surface area contributed by atoms with Gasteiger partial charge in [-0.15, -0.1) is 24.0 Å². The molecular weight excluding hydrogens is 507 g/mol. The summed E-state index contributed by atoms with van der Waals surface area (Å²) < 4.78 is 16.2. The van der Waals surface area contributed by atoms with Crippen molar-refractivity contribution in [1.82, 2.24) is 15.5 Å². The molecule has 1 aromatic rings. The second-order valence-corrected chi connectivity index (χ2v) is 8.02. The average molecular weight is 549 g/mol. The first-order valence-corrected chi connectivity index (χ1v) is 11.1. The first-order valence-electron chi connectivity index (χ1n) is 11.1. The highest BCUT2D eigenvalue weighted by Crippen LogP contribution is 2.27. The monoisotopic (exact) mass is 548 g/mol. The highest BCUT2D eigenvalue weighted by Gasteiger charge is 2.21. The van der Waals surface area contributed by atoms with Crippen LogP contribution in [0.2, 0.25) is 0 Å². The third-order valence-corrected chi connectivity index (χ3v) is 5.26. The van der Waals surface area contributed by atoms with Crippen LogP contribution < -0.4 is 20.1 Å². The number of hydrogen-bond acceptors (Lipinski definition) is 5. The minimum Gasteiger partial charge on any atom is -0.493 e. The Morgan fingerprint density at radius 3 is 2.45 bits per heavy atom. The van der Waals surface area contributed by atoms with Crippen molar-refractivity contribution in [2.45, 2.75) is 39.7 Å². The first-order chi connectivity index (χ1) is 14.6. The minimum atomic E-state index is 0. The van der Waals surface area contributed by atoms with Crippen LogP contribution >= 0.6 is 24.0 Å². The number of benzene rings is 1. The molecule has 1 unspecified atom stereocenters. The second-order valence-electron chi connectivity index (χ2n) is 8.02. The maximum absolute atomic E-state index is 5.53.